The molecule has 21 heavy (non-hydrogen) atoms. The Kier molecular flexibility index (Phi) is 3.86. The van der Waals surface area contributed by atoms with Crippen LogP contribution in [-0.2, 0) is 0 Å². The van der Waals surface area contributed by atoms with Gasteiger partial charge in [0, 0.05) is 5.56 Å². The van der Waals surface area contributed by atoms with Gasteiger partial charge >= 0.3 is 0 Å². The maximum absolute atomic E-state index is 10.2. The zero-order valence-electron chi connectivity index (χ0n) is 11.4. The van der Waals surface area contributed by atoms with Crippen LogP contribution in [0.5, 0.6) is 0 Å². The second-order valence-corrected chi connectivity index (χ2v) is 4.67. The highest BCUT2D eigenvalue weighted by atomic mass is 16.4. The molecule has 0 spiro atoms. The van der Waals surface area contributed by atoms with Gasteiger partial charge in [-0.25, -0.2) is 0 Å². The van der Waals surface area contributed by atoms with Crippen LogP contribution in [0.1, 0.15) is 28.6 Å². The van der Waals surface area contributed by atoms with E-state index in [2.05, 4.69) is 11.8 Å². The van der Waals surface area contributed by atoms with Crippen LogP contribution in [0.25, 0.3) is 0 Å². The third-order valence-electron chi connectivity index (χ3n) is 3.13. The molecule has 0 amide bonds. The first-order valence-corrected chi connectivity index (χ1v) is 6.71. The smallest absolute Gasteiger partial charge is 0.138 e. The van der Waals surface area contributed by atoms with Crippen LogP contribution in [0.3, 0.4) is 0 Å². The first kappa shape index (κ1) is 13.2. The minimum absolute atomic E-state index is 0.499. The topological polar surface area (TPSA) is 33.4 Å². The molecule has 1 atom stereocenters. The van der Waals surface area contributed by atoms with Crippen molar-refractivity contribution in [2.45, 2.75) is 6.10 Å². The van der Waals surface area contributed by atoms with Crippen molar-refractivity contribution < 1.29 is 9.52 Å². The standard InChI is InChI=1S/C19H14O2/c20-19(17-9-5-2-6-10-17)18-13-16(14-21-18)12-11-15-7-3-1-4-8-15/h1-10,13-14,19-20H. The normalized spacial score (nSPS) is 11.5. The second kappa shape index (κ2) is 6.13. The lowest BCUT2D eigenvalue weighted by Crippen LogP contribution is -1.96. The monoisotopic (exact) mass is 274 g/mol. The lowest BCUT2D eigenvalue weighted by Gasteiger charge is -2.06. The van der Waals surface area contributed by atoms with Crippen LogP contribution in [0.2, 0.25) is 0 Å². The van der Waals surface area contributed by atoms with Crippen molar-refractivity contribution >= 4 is 0 Å². The molecule has 0 aliphatic heterocycles. The Morgan fingerprint density at radius 2 is 1.43 bits per heavy atom. The molecule has 1 N–H and O–H groups in total. The Labute approximate surface area is 123 Å². The van der Waals surface area contributed by atoms with E-state index in [1.54, 1.807) is 12.3 Å². The predicted octanol–water partition coefficient (Wildman–Crippen LogP) is 3.76. The maximum atomic E-state index is 10.2. The molecule has 0 fully saturated rings. The minimum Gasteiger partial charge on any atom is -0.465 e. The number of aliphatic hydroxyl groups is 1. The molecule has 1 heterocycles. The van der Waals surface area contributed by atoms with E-state index in [0.29, 0.717) is 5.76 Å². The van der Waals surface area contributed by atoms with Gasteiger partial charge in [0.25, 0.3) is 0 Å². The van der Waals surface area contributed by atoms with Crippen LogP contribution in [-0.4, -0.2) is 5.11 Å². The van der Waals surface area contributed by atoms with Crippen LogP contribution < -0.4 is 0 Å². The van der Waals surface area contributed by atoms with Crippen molar-refractivity contribution in [1.29, 1.82) is 0 Å². The Morgan fingerprint density at radius 3 is 2.14 bits per heavy atom. The van der Waals surface area contributed by atoms with Gasteiger partial charge < -0.3 is 9.52 Å². The van der Waals surface area contributed by atoms with Crippen molar-refractivity contribution in [3.63, 3.8) is 0 Å². The van der Waals surface area contributed by atoms with E-state index < -0.39 is 6.10 Å². The van der Waals surface area contributed by atoms with Gasteiger partial charge in [-0.1, -0.05) is 60.4 Å². The number of furan rings is 1. The summed E-state index contributed by atoms with van der Waals surface area (Å²) < 4.78 is 5.42. The zero-order valence-corrected chi connectivity index (χ0v) is 11.4. The zero-order chi connectivity index (χ0) is 14.5. The van der Waals surface area contributed by atoms with Gasteiger partial charge in [-0.2, -0.15) is 0 Å². The number of hydrogen-bond acceptors (Lipinski definition) is 2. The van der Waals surface area contributed by atoms with Crippen molar-refractivity contribution in [2.24, 2.45) is 0 Å². The summed E-state index contributed by atoms with van der Waals surface area (Å²) in [6.07, 6.45) is 0.802. The van der Waals surface area contributed by atoms with E-state index in [-0.39, 0.29) is 0 Å². The first-order chi connectivity index (χ1) is 10.3. The Bertz CT molecular complexity index is 761. The van der Waals surface area contributed by atoms with E-state index in [0.717, 1.165) is 16.7 Å². The summed E-state index contributed by atoms with van der Waals surface area (Å²) in [7, 11) is 0. The fourth-order valence-electron chi connectivity index (χ4n) is 2.03. The van der Waals surface area contributed by atoms with Crippen LogP contribution in [0.4, 0.5) is 0 Å². The summed E-state index contributed by atoms with van der Waals surface area (Å²) >= 11 is 0. The molecule has 2 aromatic carbocycles. The highest BCUT2D eigenvalue weighted by Crippen LogP contribution is 2.23. The highest BCUT2D eigenvalue weighted by molar-refractivity contribution is 5.42. The fourth-order valence-corrected chi connectivity index (χ4v) is 2.03. The summed E-state index contributed by atoms with van der Waals surface area (Å²) in [6, 6.07) is 20.9. The van der Waals surface area contributed by atoms with Crippen LogP contribution >= 0.6 is 0 Å². The first-order valence-electron chi connectivity index (χ1n) is 6.71. The third-order valence-corrected chi connectivity index (χ3v) is 3.13. The molecule has 0 aliphatic carbocycles. The fraction of sp³-hybridized carbons (Fsp3) is 0.0526. The van der Waals surface area contributed by atoms with Crippen LogP contribution in [0.15, 0.2) is 77.4 Å². The van der Waals surface area contributed by atoms with Crippen molar-refractivity contribution in [2.75, 3.05) is 0 Å². The summed E-state index contributed by atoms with van der Waals surface area (Å²) in [5.41, 5.74) is 2.50. The van der Waals surface area contributed by atoms with Crippen molar-refractivity contribution in [3.8, 4) is 11.8 Å². The Hall–Kier alpha value is -2.76. The molecule has 0 saturated heterocycles. The molecule has 2 heteroatoms. The minimum atomic E-state index is -0.765. The lowest BCUT2D eigenvalue weighted by molar-refractivity contribution is 0.189. The molecule has 1 unspecified atom stereocenters. The number of rotatable bonds is 2. The van der Waals surface area contributed by atoms with Gasteiger partial charge in [0.05, 0.1) is 5.56 Å². The van der Waals surface area contributed by atoms with Gasteiger partial charge in [-0.3, -0.25) is 0 Å². The third kappa shape index (κ3) is 3.22. The molecular formula is C19H14O2. The lowest BCUT2D eigenvalue weighted by atomic mass is 10.1. The molecular weight excluding hydrogens is 260 g/mol. The number of aliphatic hydroxyl groups excluding tert-OH is 1. The molecule has 3 aromatic rings. The van der Waals surface area contributed by atoms with E-state index in [4.69, 9.17) is 4.42 Å². The molecule has 0 saturated carbocycles. The quantitative estimate of drug-likeness (QED) is 0.722. The average Bonchev–Trinajstić information content (AvgIpc) is 3.03. The summed E-state index contributed by atoms with van der Waals surface area (Å²) in [5, 5.41) is 10.2. The van der Waals surface area contributed by atoms with Gasteiger partial charge in [0.15, 0.2) is 0 Å². The Morgan fingerprint density at radius 1 is 0.810 bits per heavy atom. The van der Waals surface area contributed by atoms with Gasteiger partial charge in [0.2, 0.25) is 0 Å². The maximum Gasteiger partial charge on any atom is 0.138 e. The largest absolute Gasteiger partial charge is 0.465 e. The van der Waals surface area contributed by atoms with Crippen molar-refractivity contribution in [3.05, 3.63) is 95.4 Å². The Balaban J connectivity index is 1.80. The van der Waals surface area contributed by atoms with Crippen LogP contribution in [0, 0.1) is 11.8 Å². The molecule has 102 valence electrons. The second-order valence-electron chi connectivity index (χ2n) is 4.67. The number of hydrogen-bond donors (Lipinski definition) is 1. The molecule has 1 aromatic heterocycles. The van der Waals surface area contributed by atoms with Gasteiger partial charge in [-0.15, -0.1) is 0 Å². The summed E-state index contributed by atoms with van der Waals surface area (Å²) in [5.74, 6) is 6.59. The van der Waals surface area contributed by atoms with E-state index >= 15 is 0 Å². The molecule has 0 radical (unpaired) electrons. The molecule has 0 bridgehead atoms. The summed E-state index contributed by atoms with van der Waals surface area (Å²) in [6.45, 7) is 0. The van der Waals surface area contributed by atoms with Gasteiger partial charge in [-0.05, 0) is 23.8 Å². The van der Waals surface area contributed by atoms with Crippen molar-refractivity contribution in [1.82, 2.24) is 0 Å². The van der Waals surface area contributed by atoms with E-state index in [9.17, 15) is 5.11 Å². The summed E-state index contributed by atoms with van der Waals surface area (Å²) in [4.78, 5) is 0. The molecule has 3 rings (SSSR count). The number of benzene rings is 2. The molecule has 0 aliphatic rings. The highest BCUT2D eigenvalue weighted by Gasteiger charge is 2.13. The average molecular weight is 274 g/mol. The van der Waals surface area contributed by atoms with E-state index in [1.807, 2.05) is 60.7 Å². The van der Waals surface area contributed by atoms with E-state index in [1.165, 1.54) is 0 Å². The molecule has 2 nitrogen and oxygen atoms in total. The SMILES string of the molecule is OC(c1ccccc1)c1cc(C#Cc2ccccc2)co1. The predicted molar refractivity (Wildman–Crippen MR) is 81.6 cm³/mol. The van der Waals surface area contributed by atoms with Gasteiger partial charge in [0.1, 0.15) is 18.1 Å².